The van der Waals surface area contributed by atoms with Gasteiger partial charge in [-0.05, 0) is 39.0 Å². The van der Waals surface area contributed by atoms with Gasteiger partial charge in [0, 0.05) is 30.7 Å². The number of nitrogens with two attached hydrogens (primary N) is 1. The Morgan fingerprint density at radius 2 is 2.19 bits per heavy atom. The molecule has 4 nitrogen and oxygen atoms in total. The molecule has 2 rings (SSSR count). The highest BCUT2D eigenvalue weighted by Gasteiger charge is 2.23. The largest absolute Gasteiger partial charge is 0.490 e. The third-order valence-electron chi connectivity index (χ3n) is 3.79. The SMILES string of the molecule is CC(N)c1cc(F)ccc1OCC1CN(C(C)C)CCO1. The number of nitrogens with zero attached hydrogens (tertiary/aromatic N) is 1. The van der Waals surface area contributed by atoms with Crippen molar-refractivity contribution >= 4 is 0 Å². The Labute approximate surface area is 126 Å². The van der Waals surface area contributed by atoms with Crippen molar-refractivity contribution in [3.05, 3.63) is 29.6 Å². The Balaban J connectivity index is 1.96. The molecule has 0 aliphatic carbocycles. The summed E-state index contributed by atoms with van der Waals surface area (Å²) in [6.45, 7) is 9.15. The number of hydrogen-bond donors (Lipinski definition) is 1. The molecule has 2 atom stereocenters. The Kier molecular flexibility index (Phi) is 5.56. The lowest BCUT2D eigenvalue weighted by molar-refractivity contribution is -0.0565. The monoisotopic (exact) mass is 296 g/mol. The zero-order chi connectivity index (χ0) is 15.4. The van der Waals surface area contributed by atoms with E-state index < -0.39 is 0 Å². The summed E-state index contributed by atoms with van der Waals surface area (Å²) in [5, 5.41) is 0. The molecule has 1 fully saturated rings. The summed E-state index contributed by atoms with van der Waals surface area (Å²) in [4.78, 5) is 2.37. The number of ether oxygens (including phenoxy) is 2. The van der Waals surface area contributed by atoms with Crippen molar-refractivity contribution in [2.24, 2.45) is 5.73 Å². The molecule has 2 N–H and O–H groups in total. The number of morpholine rings is 1. The molecule has 1 heterocycles. The quantitative estimate of drug-likeness (QED) is 0.906. The Morgan fingerprint density at radius 1 is 1.43 bits per heavy atom. The molecule has 118 valence electrons. The van der Waals surface area contributed by atoms with Crippen LogP contribution >= 0.6 is 0 Å². The van der Waals surface area contributed by atoms with E-state index >= 15 is 0 Å². The van der Waals surface area contributed by atoms with Gasteiger partial charge in [-0.25, -0.2) is 4.39 Å². The number of hydrogen-bond acceptors (Lipinski definition) is 4. The first-order valence-corrected chi connectivity index (χ1v) is 7.51. The molecule has 0 saturated carbocycles. The van der Waals surface area contributed by atoms with Gasteiger partial charge in [0.2, 0.25) is 0 Å². The van der Waals surface area contributed by atoms with Crippen LogP contribution in [0, 0.1) is 5.82 Å². The zero-order valence-electron chi connectivity index (χ0n) is 13.0. The highest BCUT2D eigenvalue weighted by molar-refractivity contribution is 5.36. The lowest BCUT2D eigenvalue weighted by atomic mass is 10.1. The summed E-state index contributed by atoms with van der Waals surface area (Å²) >= 11 is 0. The second kappa shape index (κ2) is 7.20. The maximum absolute atomic E-state index is 13.3. The fourth-order valence-electron chi connectivity index (χ4n) is 2.50. The molecule has 21 heavy (non-hydrogen) atoms. The smallest absolute Gasteiger partial charge is 0.124 e. The molecule has 1 aromatic rings. The van der Waals surface area contributed by atoms with Crippen LogP contribution in [0.25, 0.3) is 0 Å². The van der Waals surface area contributed by atoms with Gasteiger partial charge in [0.05, 0.1) is 6.61 Å². The summed E-state index contributed by atoms with van der Waals surface area (Å²) in [6.07, 6.45) is 0.0344. The summed E-state index contributed by atoms with van der Waals surface area (Å²) in [5.41, 5.74) is 6.55. The van der Waals surface area contributed by atoms with Gasteiger partial charge < -0.3 is 15.2 Å². The van der Waals surface area contributed by atoms with Gasteiger partial charge in [-0.2, -0.15) is 0 Å². The van der Waals surface area contributed by atoms with Crippen LogP contribution in [-0.4, -0.2) is 43.3 Å². The molecule has 2 unspecified atom stereocenters. The van der Waals surface area contributed by atoms with Crippen molar-refractivity contribution < 1.29 is 13.9 Å². The van der Waals surface area contributed by atoms with Crippen LogP contribution in [0.5, 0.6) is 5.75 Å². The molecule has 0 amide bonds. The van der Waals surface area contributed by atoms with Crippen molar-refractivity contribution in [2.75, 3.05) is 26.3 Å². The summed E-state index contributed by atoms with van der Waals surface area (Å²) in [5.74, 6) is 0.339. The van der Waals surface area contributed by atoms with Crippen molar-refractivity contribution in [3.63, 3.8) is 0 Å². The van der Waals surface area contributed by atoms with Crippen LogP contribution in [0.15, 0.2) is 18.2 Å². The van der Waals surface area contributed by atoms with E-state index in [9.17, 15) is 4.39 Å². The van der Waals surface area contributed by atoms with Gasteiger partial charge in [0.1, 0.15) is 24.3 Å². The fraction of sp³-hybridized carbons (Fsp3) is 0.625. The van der Waals surface area contributed by atoms with Crippen LogP contribution < -0.4 is 10.5 Å². The minimum absolute atomic E-state index is 0.0344. The Hall–Kier alpha value is -1.17. The van der Waals surface area contributed by atoms with Crippen molar-refractivity contribution in [2.45, 2.75) is 39.0 Å². The van der Waals surface area contributed by atoms with E-state index in [-0.39, 0.29) is 18.0 Å². The maximum atomic E-state index is 13.3. The van der Waals surface area contributed by atoms with Crippen molar-refractivity contribution in [1.82, 2.24) is 4.90 Å². The van der Waals surface area contributed by atoms with E-state index in [1.54, 1.807) is 6.07 Å². The summed E-state index contributed by atoms with van der Waals surface area (Å²) in [7, 11) is 0. The Morgan fingerprint density at radius 3 is 2.86 bits per heavy atom. The third kappa shape index (κ3) is 4.40. The maximum Gasteiger partial charge on any atom is 0.124 e. The Bertz CT molecular complexity index is 466. The van der Waals surface area contributed by atoms with Gasteiger partial charge in [0.15, 0.2) is 0 Å². The molecule has 0 spiro atoms. The molecule has 1 aliphatic heterocycles. The minimum atomic E-state index is -0.297. The first kappa shape index (κ1) is 16.2. The second-order valence-electron chi connectivity index (χ2n) is 5.86. The molecule has 0 bridgehead atoms. The van der Waals surface area contributed by atoms with Crippen LogP contribution in [-0.2, 0) is 4.74 Å². The molecule has 0 radical (unpaired) electrons. The van der Waals surface area contributed by atoms with E-state index in [0.29, 0.717) is 24.0 Å². The van der Waals surface area contributed by atoms with Gasteiger partial charge >= 0.3 is 0 Å². The zero-order valence-corrected chi connectivity index (χ0v) is 13.0. The van der Waals surface area contributed by atoms with Crippen molar-refractivity contribution in [3.8, 4) is 5.75 Å². The lowest BCUT2D eigenvalue weighted by Crippen LogP contribution is -2.47. The standard InChI is InChI=1S/C16H25FN2O2/c1-11(2)19-6-7-20-14(9-19)10-21-16-5-4-13(17)8-15(16)12(3)18/h4-5,8,11-12,14H,6-7,9-10,18H2,1-3H3. The summed E-state index contributed by atoms with van der Waals surface area (Å²) < 4.78 is 24.9. The predicted molar refractivity (Wildman–Crippen MR) is 80.9 cm³/mol. The number of rotatable bonds is 5. The first-order valence-electron chi connectivity index (χ1n) is 7.51. The van der Waals surface area contributed by atoms with Gasteiger partial charge in [-0.3, -0.25) is 4.90 Å². The van der Waals surface area contributed by atoms with Crippen LogP contribution in [0.2, 0.25) is 0 Å². The highest BCUT2D eigenvalue weighted by Crippen LogP contribution is 2.25. The normalized spacial score (nSPS) is 21.5. The minimum Gasteiger partial charge on any atom is -0.490 e. The average Bonchev–Trinajstić information content (AvgIpc) is 2.46. The highest BCUT2D eigenvalue weighted by atomic mass is 19.1. The fourth-order valence-corrected chi connectivity index (χ4v) is 2.50. The molecule has 1 saturated heterocycles. The molecule has 5 heteroatoms. The van der Waals surface area contributed by atoms with Gasteiger partial charge in [0.25, 0.3) is 0 Å². The van der Waals surface area contributed by atoms with Crippen LogP contribution in [0.3, 0.4) is 0 Å². The molecule has 1 aromatic carbocycles. The molecular formula is C16H25FN2O2. The summed E-state index contributed by atoms with van der Waals surface area (Å²) in [6, 6.07) is 4.69. The van der Waals surface area contributed by atoms with E-state index in [1.807, 2.05) is 6.92 Å². The third-order valence-corrected chi connectivity index (χ3v) is 3.79. The first-order chi connectivity index (χ1) is 9.97. The van der Waals surface area contributed by atoms with E-state index in [4.69, 9.17) is 15.2 Å². The van der Waals surface area contributed by atoms with Crippen LogP contribution in [0.1, 0.15) is 32.4 Å². The van der Waals surface area contributed by atoms with Crippen molar-refractivity contribution in [1.29, 1.82) is 0 Å². The van der Waals surface area contributed by atoms with Crippen LogP contribution in [0.4, 0.5) is 4.39 Å². The van der Waals surface area contributed by atoms with E-state index in [0.717, 1.165) is 19.7 Å². The second-order valence-corrected chi connectivity index (χ2v) is 5.86. The number of benzene rings is 1. The van der Waals surface area contributed by atoms with Gasteiger partial charge in [-0.1, -0.05) is 0 Å². The molecule has 1 aliphatic rings. The van der Waals surface area contributed by atoms with Gasteiger partial charge in [-0.15, -0.1) is 0 Å². The average molecular weight is 296 g/mol. The molecule has 0 aromatic heterocycles. The van der Waals surface area contributed by atoms with E-state index in [2.05, 4.69) is 18.7 Å². The number of halogens is 1. The molecular weight excluding hydrogens is 271 g/mol. The predicted octanol–water partition coefficient (Wildman–Crippen LogP) is 2.33. The van der Waals surface area contributed by atoms with E-state index in [1.165, 1.54) is 12.1 Å². The topological polar surface area (TPSA) is 47.7 Å². The lowest BCUT2D eigenvalue weighted by Gasteiger charge is -2.35.